The largest absolute Gasteiger partial charge is 0.304 e. The quantitative estimate of drug-likeness (QED) is 0.790. The lowest BCUT2D eigenvalue weighted by molar-refractivity contribution is 0.134. The predicted octanol–water partition coefficient (Wildman–Crippen LogP) is 3.34. The smallest absolute Gasteiger partial charge is 0.124 e. The molecule has 0 saturated heterocycles. The zero-order valence-electron chi connectivity index (χ0n) is 9.44. The Morgan fingerprint density at radius 1 is 1.19 bits per heavy atom. The second-order valence-corrected chi connectivity index (χ2v) is 4.63. The van der Waals surface area contributed by atoms with Crippen molar-refractivity contribution >= 4 is 11.6 Å². The van der Waals surface area contributed by atoms with Crippen molar-refractivity contribution in [1.29, 1.82) is 0 Å². The van der Waals surface area contributed by atoms with Crippen LogP contribution in [0.15, 0.2) is 53.8 Å². The van der Waals surface area contributed by atoms with E-state index in [4.69, 9.17) is 11.6 Å². The Kier molecular flexibility index (Phi) is 2.92. The molecular weight excluding hydrogens is 220 g/mol. The van der Waals surface area contributed by atoms with Crippen LogP contribution < -0.4 is 5.43 Å². The molecule has 0 bridgehead atoms. The monoisotopic (exact) mass is 234 g/mol. The maximum Gasteiger partial charge on any atom is 0.124 e. The molecule has 0 aromatic heterocycles. The van der Waals surface area contributed by atoms with Crippen LogP contribution in [-0.2, 0) is 5.54 Å². The van der Waals surface area contributed by atoms with E-state index in [-0.39, 0.29) is 5.54 Å². The highest BCUT2D eigenvalue weighted by molar-refractivity contribution is 6.29. The van der Waals surface area contributed by atoms with Crippen molar-refractivity contribution in [3.63, 3.8) is 0 Å². The molecule has 0 radical (unpaired) electrons. The first-order valence-corrected chi connectivity index (χ1v) is 5.64. The van der Waals surface area contributed by atoms with Gasteiger partial charge in [-0.3, -0.25) is 5.01 Å². The summed E-state index contributed by atoms with van der Waals surface area (Å²) >= 11 is 6.19. The van der Waals surface area contributed by atoms with E-state index in [0.717, 1.165) is 0 Å². The van der Waals surface area contributed by atoms with Gasteiger partial charge >= 0.3 is 0 Å². The molecule has 1 aromatic carbocycles. The van der Waals surface area contributed by atoms with Crippen LogP contribution in [0.4, 0.5) is 0 Å². The Labute approximate surface area is 101 Å². The van der Waals surface area contributed by atoms with E-state index in [1.807, 2.05) is 41.6 Å². The molecule has 1 N–H and O–H groups in total. The average Bonchev–Trinajstić information content (AvgIpc) is 2.30. The summed E-state index contributed by atoms with van der Waals surface area (Å²) in [6.07, 6.45) is 5.64. The summed E-state index contributed by atoms with van der Waals surface area (Å²) in [4.78, 5) is 0. The van der Waals surface area contributed by atoms with Gasteiger partial charge in [0.15, 0.2) is 0 Å². The van der Waals surface area contributed by atoms with Gasteiger partial charge in [0.2, 0.25) is 0 Å². The van der Waals surface area contributed by atoms with Crippen LogP contribution in [-0.4, -0.2) is 5.01 Å². The summed E-state index contributed by atoms with van der Waals surface area (Å²) < 4.78 is 0. The minimum absolute atomic E-state index is 0.195. The maximum atomic E-state index is 6.19. The Hall–Kier alpha value is -1.41. The van der Waals surface area contributed by atoms with Gasteiger partial charge in [0.05, 0.1) is 5.54 Å². The average molecular weight is 235 g/mol. The first kappa shape index (κ1) is 11.1. The minimum Gasteiger partial charge on any atom is -0.304 e. The molecule has 2 rings (SSSR count). The number of hydrogen-bond acceptors (Lipinski definition) is 2. The van der Waals surface area contributed by atoms with E-state index in [2.05, 4.69) is 31.4 Å². The van der Waals surface area contributed by atoms with Gasteiger partial charge in [0.1, 0.15) is 5.16 Å². The first-order chi connectivity index (χ1) is 7.62. The molecule has 1 heterocycles. The third kappa shape index (κ3) is 1.93. The molecule has 0 spiro atoms. The van der Waals surface area contributed by atoms with Gasteiger partial charge in [-0.2, -0.15) is 0 Å². The zero-order chi connectivity index (χ0) is 11.6. The van der Waals surface area contributed by atoms with Crippen LogP contribution in [0.2, 0.25) is 0 Å². The zero-order valence-corrected chi connectivity index (χ0v) is 10.2. The van der Waals surface area contributed by atoms with Gasteiger partial charge in [-0.1, -0.05) is 41.9 Å². The van der Waals surface area contributed by atoms with E-state index in [0.29, 0.717) is 5.16 Å². The molecule has 16 heavy (non-hydrogen) atoms. The van der Waals surface area contributed by atoms with Crippen molar-refractivity contribution in [2.24, 2.45) is 0 Å². The molecule has 0 fully saturated rings. The summed E-state index contributed by atoms with van der Waals surface area (Å²) in [6, 6.07) is 10.3. The molecule has 0 atom stereocenters. The normalized spacial score (nSPS) is 15.7. The molecule has 0 saturated carbocycles. The lowest BCUT2D eigenvalue weighted by Crippen LogP contribution is -2.47. The molecule has 3 heteroatoms. The van der Waals surface area contributed by atoms with Gasteiger partial charge in [0.25, 0.3) is 0 Å². The highest BCUT2D eigenvalue weighted by atomic mass is 35.5. The molecule has 1 aliphatic rings. The third-order valence-electron chi connectivity index (χ3n) is 2.79. The maximum absolute atomic E-state index is 6.19. The fraction of sp³-hybridized carbons (Fsp3) is 0.231. The number of hydrogen-bond donors (Lipinski definition) is 1. The van der Waals surface area contributed by atoms with Crippen molar-refractivity contribution in [3.8, 4) is 0 Å². The fourth-order valence-electron chi connectivity index (χ4n) is 1.78. The minimum atomic E-state index is -0.195. The molecule has 1 aromatic rings. The summed E-state index contributed by atoms with van der Waals surface area (Å²) in [5, 5.41) is 2.64. The van der Waals surface area contributed by atoms with Crippen LogP contribution in [0.1, 0.15) is 19.4 Å². The van der Waals surface area contributed by atoms with Crippen molar-refractivity contribution in [3.05, 3.63) is 59.4 Å². The second kappa shape index (κ2) is 4.22. The van der Waals surface area contributed by atoms with Crippen LogP contribution >= 0.6 is 11.6 Å². The van der Waals surface area contributed by atoms with Gasteiger partial charge in [-0.15, -0.1) is 0 Å². The van der Waals surface area contributed by atoms with E-state index in [9.17, 15) is 0 Å². The van der Waals surface area contributed by atoms with Gasteiger partial charge in [-0.25, -0.2) is 0 Å². The molecule has 1 aliphatic heterocycles. The second-order valence-electron chi connectivity index (χ2n) is 4.24. The van der Waals surface area contributed by atoms with Crippen molar-refractivity contribution in [2.45, 2.75) is 19.4 Å². The first-order valence-electron chi connectivity index (χ1n) is 5.26. The Balaban J connectivity index is 2.33. The summed E-state index contributed by atoms with van der Waals surface area (Å²) in [7, 11) is 0. The van der Waals surface area contributed by atoms with Gasteiger partial charge in [-0.05, 0) is 31.6 Å². The van der Waals surface area contributed by atoms with E-state index in [1.165, 1.54) is 5.56 Å². The number of nitrogens with zero attached hydrogens (tertiary/aromatic N) is 1. The Morgan fingerprint density at radius 2 is 1.88 bits per heavy atom. The summed E-state index contributed by atoms with van der Waals surface area (Å²) in [5.74, 6) is 0. The predicted molar refractivity (Wildman–Crippen MR) is 67.5 cm³/mol. The Morgan fingerprint density at radius 3 is 2.50 bits per heavy atom. The van der Waals surface area contributed by atoms with Crippen LogP contribution in [0.25, 0.3) is 0 Å². The fourth-order valence-corrected chi connectivity index (χ4v) is 2.12. The molecule has 0 amide bonds. The Bertz CT molecular complexity index is 421. The van der Waals surface area contributed by atoms with E-state index in [1.54, 1.807) is 0 Å². The lowest BCUT2D eigenvalue weighted by atomic mass is 9.93. The summed E-state index contributed by atoms with van der Waals surface area (Å²) in [5.41, 5.74) is 4.18. The molecular formula is C13H15ClN2. The van der Waals surface area contributed by atoms with Gasteiger partial charge < -0.3 is 5.43 Å². The number of rotatable bonds is 2. The van der Waals surface area contributed by atoms with E-state index >= 15 is 0 Å². The van der Waals surface area contributed by atoms with E-state index < -0.39 is 0 Å². The van der Waals surface area contributed by atoms with Crippen LogP contribution in [0, 0.1) is 0 Å². The molecule has 0 aliphatic carbocycles. The third-order valence-corrected chi connectivity index (χ3v) is 3.08. The number of benzene rings is 1. The van der Waals surface area contributed by atoms with Crippen LogP contribution in [0.5, 0.6) is 0 Å². The SMILES string of the molecule is CC(C)(c1ccccc1)N1NC=CC=C1Cl. The van der Waals surface area contributed by atoms with Crippen molar-refractivity contribution in [1.82, 2.24) is 10.4 Å². The van der Waals surface area contributed by atoms with Crippen LogP contribution in [0.3, 0.4) is 0 Å². The topological polar surface area (TPSA) is 15.3 Å². The number of nitrogens with one attached hydrogen (secondary N) is 1. The molecule has 84 valence electrons. The summed E-state index contributed by atoms with van der Waals surface area (Å²) in [6.45, 7) is 4.26. The highest BCUT2D eigenvalue weighted by Crippen LogP contribution is 2.31. The number of hydrazine groups is 1. The molecule has 2 nitrogen and oxygen atoms in total. The number of halogens is 1. The lowest BCUT2D eigenvalue weighted by Gasteiger charge is -2.40. The molecule has 0 unspecified atom stereocenters. The highest BCUT2D eigenvalue weighted by Gasteiger charge is 2.30. The standard InChI is InChI=1S/C13H15ClN2/c1-13(2,11-7-4-3-5-8-11)16-12(14)9-6-10-15-16/h3-10,15H,1-2H3. The van der Waals surface area contributed by atoms with Crippen molar-refractivity contribution < 1.29 is 0 Å². The van der Waals surface area contributed by atoms with Gasteiger partial charge in [0, 0.05) is 6.20 Å². The number of allylic oxidation sites excluding steroid dienone is 2. The van der Waals surface area contributed by atoms with Crippen molar-refractivity contribution in [2.75, 3.05) is 0 Å².